The van der Waals surface area contributed by atoms with Crippen LogP contribution in [-0.4, -0.2) is 90.4 Å². The number of ketones is 1. The number of allylic oxidation sites excluding steroid dienone is 1. The van der Waals surface area contributed by atoms with E-state index in [1.165, 1.54) is 0 Å². The van der Waals surface area contributed by atoms with Gasteiger partial charge in [0.05, 0.1) is 11.1 Å². The van der Waals surface area contributed by atoms with Crippen LogP contribution in [-0.2, 0) is 4.79 Å². The summed E-state index contributed by atoms with van der Waals surface area (Å²) in [5.74, 6) is 2.08. The Hall–Kier alpha value is -2.52. The highest BCUT2D eigenvalue weighted by Gasteiger charge is 2.47. The Balaban J connectivity index is 1.55. The number of hydrogen-bond donors (Lipinski definition) is 3. The van der Waals surface area contributed by atoms with E-state index in [0.29, 0.717) is 37.0 Å². The van der Waals surface area contributed by atoms with E-state index in [9.17, 15) is 9.90 Å². The third-order valence-corrected chi connectivity index (χ3v) is 8.64. The van der Waals surface area contributed by atoms with E-state index in [4.69, 9.17) is 15.4 Å². The number of aromatic nitrogens is 2. The molecule has 3 heterocycles. The summed E-state index contributed by atoms with van der Waals surface area (Å²) in [6.45, 7) is 8.60. The summed E-state index contributed by atoms with van der Waals surface area (Å²) in [7, 11) is 2.13. The van der Waals surface area contributed by atoms with Crippen molar-refractivity contribution in [3.63, 3.8) is 0 Å². The van der Waals surface area contributed by atoms with Crippen molar-refractivity contribution in [1.29, 1.82) is 5.41 Å². The molecule has 5 rings (SSSR count). The first-order valence-corrected chi connectivity index (χ1v) is 13.7. The molecule has 9 nitrogen and oxygen atoms in total. The van der Waals surface area contributed by atoms with Gasteiger partial charge in [-0.15, -0.1) is 0 Å². The smallest absolute Gasteiger partial charge is 0.199 e. The van der Waals surface area contributed by atoms with E-state index in [0.717, 1.165) is 83.1 Å². The molecule has 2 atom stereocenters. The summed E-state index contributed by atoms with van der Waals surface area (Å²) in [6, 6.07) is 2.33. The number of carbonyl (C=O) groups excluding carboxylic acids is 1. The zero-order valence-corrected chi connectivity index (χ0v) is 21.9. The SMILES string of the molecule is C[C@H]1CNCCCN1c1cc(N2CCN(C)CC2)nc(/C(O)=C2\CCC[C@@]3(CCCCC3=O)C2=N)n1. The van der Waals surface area contributed by atoms with Gasteiger partial charge in [0.1, 0.15) is 17.4 Å². The van der Waals surface area contributed by atoms with Gasteiger partial charge in [0.2, 0.25) is 0 Å². The fourth-order valence-corrected chi connectivity index (χ4v) is 6.33. The van der Waals surface area contributed by atoms with Gasteiger partial charge >= 0.3 is 0 Å². The molecule has 1 aromatic rings. The van der Waals surface area contributed by atoms with Crippen LogP contribution in [0.3, 0.4) is 0 Å². The van der Waals surface area contributed by atoms with E-state index in [1.807, 2.05) is 0 Å². The van der Waals surface area contributed by atoms with Gasteiger partial charge in [0.25, 0.3) is 0 Å². The first kappa shape index (κ1) is 25.1. The van der Waals surface area contributed by atoms with Crippen molar-refractivity contribution in [3.8, 4) is 0 Å². The lowest BCUT2D eigenvalue weighted by molar-refractivity contribution is -0.128. The first-order chi connectivity index (χ1) is 17.4. The van der Waals surface area contributed by atoms with Crippen molar-refractivity contribution in [1.82, 2.24) is 20.2 Å². The molecule has 4 aliphatic rings. The molecule has 9 heteroatoms. The van der Waals surface area contributed by atoms with Crippen LogP contribution in [0, 0.1) is 10.8 Å². The van der Waals surface area contributed by atoms with Gasteiger partial charge in [-0.25, -0.2) is 9.97 Å². The normalized spacial score (nSPS) is 30.0. The summed E-state index contributed by atoms with van der Waals surface area (Å²) < 4.78 is 0. The molecule has 0 radical (unpaired) electrons. The Labute approximate surface area is 214 Å². The molecule has 4 fully saturated rings. The molecule has 2 aliphatic heterocycles. The van der Waals surface area contributed by atoms with Crippen molar-refractivity contribution in [2.75, 3.05) is 62.7 Å². The van der Waals surface area contributed by atoms with Crippen molar-refractivity contribution in [3.05, 3.63) is 17.5 Å². The number of nitrogens with zero attached hydrogens (tertiary/aromatic N) is 5. The molecule has 1 aromatic heterocycles. The Morgan fingerprint density at radius 3 is 2.58 bits per heavy atom. The second-order valence-corrected chi connectivity index (χ2v) is 11.1. The Morgan fingerprint density at radius 1 is 1.06 bits per heavy atom. The number of carbonyl (C=O) groups is 1. The fourth-order valence-electron chi connectivity index (χ4n) is 6.33. The van der Waals surface area contributed by atoms with Crippen LogP contribution < -0.4 is 15.1 Å². The van der Waals surface area contributed by atoms with Crippen LogP contribution in [0.2, 0.25) is 0 Å². The Kier molecular flexibility index (Phi) is 7.30. The third-order valence-electron chi connectivity index (χ3n) is 8.64. The molecular weight excluding hydrogens is 454 g/mol. The van der Waals surface area contributed by atoms with Gasteiger partial charge in [-0.1, -0.05) is 6.42 Å². The van der Waals surface area contributed by atoms with Gasteiger partial charge in [0, 0.05) is 63.4 Å². The molecule has 2 saturated carbocycles. The molecular formula is C27H41N7O2. The topological polar surface area (TPSA) is 109 Å². The maximum atomic E-state index is 13.0. The highest BCUT2D eigenvalue weighted by Crippen LogP contribution is 2.46. The molecule has 196 valence electrons. The van der Waals surface area contributed by atoms with Crippen molar-refractivity contribution in [2.24, 2.45) is 5.41 Å². The molecule has 0 unspecified atom stereocenters. The molecule has 0 aromatic carbocycles. The molecule has 1 spiro atoms. The predicted octanol–water partition coefficient (Wildman–Crippen LogP) is 3.02. The van der Waals surface area contributed by atoms with Crippen molar-refractivity contribution in [2.45, 2.75) is 64.3 Å². The standard InChI is InChI=1S/C27H41N7O2/c1-19-18-29-11-6-12-34(19)23-17-22(33-15-13-32(2)14-16-33)30-26(31-23)24(36)20-7-5-10-27(25(20)28)9-4-3-8-21(27)35/h17,19,28-29,36H,3-16,18H2,1-2H3/b24-20-,28-25?/t19-,27+/m0/s1. The summed E-state index contributed by atoms with van der Waals surface area (Å²) in [5.41, 5.74) is 0.130. The van der Waals surface area contributed by atoms with Crippen molar-refractivity contribution >= 4 is 28.9 Å². The second kappa shape index (κ2) is 10.5. The van der Waals surface area contributed by atoms with Crippen LogP contribution in [0.4, 0.5) is 11.6 Å². The molecule has 3 N–H and O–H groups in total. The minimum Gasteiger partial charge on any atom is -0.504 e. The number of Topliss-reactive ketones (excluding diaryl/α,β-unsaturated/α-hetero) is 1. The number of rotatable bonds is 3. The lowest BCUT2D eigenvalue weighted by atomic mass is 9.62. The van der Waals surface area contributed by atoms with Gasteiger partial charge in [-0.05, 0) is 59.0 Å². The first-order valence-electron chi connectivity index (χ1n) is 13.7. The molecule has 36 heavy (non-hydrogen) atoms. The number of anilines is 2. The van der Waals surface area contributed by atoms with E-state index in [1.54, 1.807) is 0 Å². The predicted molar refractivity (Wildman–Crippen MR) is 143 cm³/mol. The Morgan fingerprint density at radius 2 is 1.81 bits per heavy atom. The van der Waals surface area contributed by atoms with Crippen LogP contribution in [0.25, 0.3) is 5.76 Å². The monoisotopic (exact) mass is 495 g/mol. The number of aliphatic hydroxyl groups excluding tert-OH is 1. The quantitative estimate of drug-likeness (QED) is 0.549. The number of likely N-dealkylation sites (N-methyl/N-ethyl adjacent to an activating group) is 1. The minimum absolute atomic E-state index is 0.0183. The van der Waals surface area contributed by atoms with Gasteiger partial charge < -0.3 is 30.5 Å². The number of aliphatic hydroxyl groups is 1. The number of nitrogens with one attached hydrogen (secondary N) is 2. The van der Waals surface area contributed by atoms with Gasteiger partial charge in [-0.2, -0.15) is 0 Å². The average molecular weight is 496 g/mol. The second-order valence-electron chi connectivity index (χ2n) is 11.1. The lowest BCUT2D eigenvalue weighted by Crippen LogP contribution is -2.45. The van der Waals surface area contributed by atoms with Gasteiger partial charge in [0.15, 0.2) is 11.6 Å². The van der Waals surface area contributed by atoms with E-state index >= 15 is 0 Å². The maximum absolute atomic E-state index is 13.0. The van der Waals surface area contributed by atoms with E-state index in [-0.39, 0.29) is 23.4 Å². The molecule has 0 bridgehead atoms. The van der Waals surface area contributed by atoms with Crippen LogP contribution in [0.5, 0.6) is 0 Å². The zero-order valence-electron chi connectivity index (χ0n) is 21.9. The van der Waals surface area contributed by atoms with Crippen LogP contribution in [0.15, 0.2) is 11.6 Å². The number of piperazine rings is 1. The fraction of sp³-hybridized carbons (Fsp3) is 0.704. The molecule has 0 amide bonds. The summed E-state index contributed by atoms with van der Waals surface area (Å²) >= 11 is 0. The summed E-state index contributed by atoms with van der Waals surface area (Å²) in [6.07, 6.45) is 6.24. The summed E-state index contributed by atoms with van der Waals surface area (Å²) in [4.78, 5) is 29.6. The highest BCUT2D eigenvalue weighted by molar-refractivity contribution is 6.18. The van der Waals surface area contributed by atoms with E-state index < -0.39 is 5.41 Å². The van der Waals surface area contributed by atoms with E-state index in [2.05, 4.69) is 40.1 Å². The highest BCUT2D eigenvalue weighted by atomic mass is 16.3. The van der Waals surface area contributed by atoms with Crippen molar-refractivity contribution < 1.29 is 9.90 Å². The largest absolute Gasteiger partial charge is 0.504 e. The minimum atomic E-state index is -0.733. The summed E-state index contributed by atoms with van der Waals surface area (Å²) in [5, 5.41) is 24.1. The van der Waals surface area contributed by atoms with Crippen LogP contribution >= 0.6 is 0 Å². The maximum Gasteiger partial charge on any atom is 0.199 e. The molecule has 2 saturated heterocycles. The zero-order chi connectivity index (χ0) is 25.3. The molecule has 2 aliphatic carbocycles. The third kappa shape index (κ3) is 4.75. The van der Waals surface area contributed by atoms with Crippen LogP contribution in [0.1, 0.15) is 64.1 Å². The average Bonchev–Trinajstić information content (AvgIpc) is 3.11. The number of hydrogen-bond acceptors (Lipinski definition) is 9. The Bertz CT molecular complexity index is 1030. The van der Waals surface area contributed by atoms with Gasteiger partial charge in [-0.3, -0.25) is 4.79 Å². The lowest BCUT2D eigenvalue weighted by Gasteiger charge is -2.40.